The summed E-state index contributed by atoms with van der Waals surface area (Å²) in [5.74, 6) is -1.14. The average Bonchev–Trinajstić information content (AvgIpc) is 2.46. The van der Waals surface area contributed by atoms with Gasteiger partial charge in [-0.15, -0.1) is 0 Å². The van der Waals surface area contributed by atoms with Crippen LogP contribution in [0.5, 0.6) is 0 Å². The minimum absolute atomic E-state index is 0.104. The van der Waals surface area contributed by atoms with Crippen LogP contribution in [-0.2, 0) is 24.7 Å². The zero-order valence-corrected chi connectivity index (χ0v) is 13.8. The molecule has 0 aromatic heterocycles. The molecule has 1 saturated heterocycles. The molecule has 0 unspecified atom stereocenters. The number of sulfone groups is 1. The van der Waals surface area contributed by atoms with Crippen molar-refractivity contribution < 1.29 is 30.9 Å². The Balaban J connectivity index is 1.93. The molecule has 0 radical (unpaired) electrons. The number of carbonyl (C=O) groups is 1. The smallest absolute Gasteiger partial charge is 0.338 e. The Morgan fingerprint density at radius 2 is 1.74 bits per heavy atom. The summed E-state index contributed by atoms with van der Waals surface area (Å²) in [4.78, 5) is 13.6. The Kier molecular flexibility index (Phi) is 5.27. The van der Waals surface area contributed by atoms with Crippen LogP contribution in [0.15, 0.2) is 24.3 Å². The molecular formula is C13H17NO7S2. The van der Waals surface area contributed by atoms with Crippen molar-refractivity contribution in [3.8, 4) is 0 Å². The monoisotopic (exact) mass is 363 g/mol. The molecule has 1 aliphatic heterocycles. The predicted octanol–water partition coefficient (Wildman–Crippen LogP) is -0.0340. The highest BCUT2D eigenvalue weighted by atomic mass is 32.2. The lowest BCUT2D eigenvalue weighted by atomic mass is 10.2. The van der Waals surface area contributed by atoms with E-state index >= 15 is 0 Å². The quantitative estimate of drug-likeness (QED) is 0.572. The minimum atomic E-state index is -4.17. The van der Waals surface area contributed by atoms with Gasteiger partial charge in [0.25, 0.3) is 10.1 Å². The molecule has 1 aliphatic rings. The second kappa shape index (κ2) is 6.85. The largest absolute Gasteiger partial charge is 0.461 e. The van der Waals surface area contributed by atoms with Gasteiger partial charge in [0, 0.05) is 18.8 Å². The van der Waals surface area contributed by atoms with Crippen LogP contribution in [0, 0.1) is 0 Å². The third-order valence-electron chi connectivity index (χ3n) is 3.39. The first-order chi connectivity index (χ1) is 10.7. The molecule has 1 fully saturated rings. The van der Waals surface area contributed by atoms with Crippen molar-refractivity contribution in [1.29, 1.82) is 0 Å². The number of rotatable bonds is 5. The molecule has 0 bridgehead atoms. The fraction of sp³-hybridized carbons (Fsp3) is 0.462. The fourth-order valence-corrected chi connectivity index (χ4v) is 3.60. The van der Waals surface area contributed by atoms with Crippen molar-refractivity contribution in [2.75, 3.05) is 41.9 Å². The Bertz CT molecular complexity index is 755. The molecule has 10 heteroatoms. The molecule has 0 aliphatic carbocycles. The van der Waals surface area contributed by atoms with Gasteiger partial charge in [-0.2, -0.15) is 8.42 Å². The summed E-state index contributed by atoms with van der Waals surface area (Å²) in [6, 6.07) is 6.40. The van der Waals surface area contributed by atoms with Gasteiger partial charge in [0.15, 0.2) is 9.84 Å². The Hall–Kier alpha value is -1.65. The van der Waals surface area contributed by atoms with Gasteiger partial charge in [-0.1, -0.05) is 0 Å². The van der Waals surface area contributed by atoms with Gasteiger partial charge in [-0.3, -0.25) is 4.55 Å². The first-order valence-electron chi connectivity index (χ1n) is 6.84. The summed E-state index contributed by atoms with van der Waals surface area (Å²) in [5, 5.41) is 0. The first kappa shape index (κ1) is 17.7. The Morgan fingerprint density at radius 1 is 1.17 bits per heavy atom. The molecule has 1 heterocycles. The SMILES string of the molecule is O=C(OCCS(=O)(=O)O)c1ccc(N2CCS(=O)(=O)CC2)cc1. The molecule has 0 amide bonds. The predicted molar refractivity (Wildman–Crippen MR) is 84.0 cm³/mol. The highest BCUT2D eigenvalue weighted by molar-refractivity contribution is 7.91. The summed E-state index contributed by atoms with van der Waals surface area (Å²) in [7, 11) is -7.12. The van der Waals surface area contributed by atoms with E-state index in [-0.39, 0.29) is 17.1 Å². The molecule has 1 aromatic rings. The van der Waals surface area contributed by atoms with Gasteiger partial charge in [0.2, 0.25) is 0 Å². The Morgan fingerprint density at radius 3 is 2.26 bits per heavy atom. The van der Waals surface area contributed by atoms with Gasteiger partial charge >= 0.3 is 5.97 Å². The van der Waals surface area contributed by atoms with Crippen molar-refractivity contribution in [1.82, 2.24) is 0 Å². The minimum Gasteiger partial charge on any atom is -0.461 e. The number of esters is 1. The second-order valence-corrected chi connectivity index (χ2v) is 8.98. The van der Waals surface area contributed by atoms with E-state index in [0.29, 0.717) is 13.1 Å². The molecular weight excluding hydrogens is 346 g/mol. The number of anilines is 1. The summed E-state index contributed by atoms with van der Waals surface area (Å²) in [6.07, 6.45) is 0. The van der Waals surface area contributed by atoms with Gasteiger partial charge in [-0.05, 0) is 24.3 Å². The first-order valence-corrected chi connectivity index (χ1v) is 10.3. The number of hydrogen-bond acceptors (Lipinski definition) is 7. The van der Waals surface area contributed by atoms with E-state index < -0.39 is 38.3 Å². The third kappa shape index (κ3) is 5.48. The van der Waals surface area contributed by atoms with Crippen LogP contribution in [0.4, 0.5) is 5.69 Å². The molecule has 0 saturated carbocycles. The maximum Gasteiger partial charge on any atom is 0.338 e. The van der Waals surface area contributed by atoms with E-state index in [0.717, 1.165) is 5.69 Å². The number of nitrogens with zero attached hydrogens (tertiary/aromatic N) is 1. The molecule has 1 aromatic carbocycles. The summed E-state index contributed by atoms with van der Waals surface area (Å²) in [5.41, 5.74) is 1.04. The van der Waals surface area contributed by atoms with E-state index in [1.54, 1.807) is 12.1 Å². The van der Waals surface area contributed by atoms with Crippen molar-refractivity contribution in [3.05, 3.63) is 29.8 Å². The molecule has 8 nitrogen and oxygen atoms in total. The highest BCUT2D eigenvalue weighted by Gasteiger charge is 2.21. The maximum atomic E-state index is 11.7. The van der Waals surface area contributed by atoms with Crippen LogP contribution >= 0.6 is 0 Å². The zero-order chi connectivity index (χ0) is 17.1. The van der Waals surface area contributed by atoms with Crippen molar-refractivity contribution in [3.63, 3.8) is 0 Å². The van der Waals surface area contributed by atoms with Crippen LogP contribution in [-0.4, -0.2) is 64.3 Å². The van der Waals surface area contributed by atoms with Gasteiger partial charge < -0.3 is 9.64 Å². The van der Waals surface area contributed by atoms with Gasteiger partial charge in [0.05, 0.1) is 17.1 Å². The molecule has 0 atom stereocenters. The lowest BCUT2D eigenvalue weighted by molar-refractivity contribution is 0.0528. The Labute approximate surface area is 134 Å². The number of ether oxygens (including phenoxy) is 1. The van der Waals surface area contributed by atoms with E-state index in [2.05, 4.69) is 0 Å². The van der Waals surface area contributed by atoms with Gasteiger partial charge in [-0.25, -0.2) is 13.2 Å². The molecule has 2 rings (SSSR count). The lowest BCUT2D eigenvalue weighted by Gasteiger charge is -2.28. The van der Waals surface area contributed by atoms with E-state index in [9.17, 15) is 21.6 Å². The number of benzene rings is 1. The standard InChI is InChI=1S/C13H17NO7S2/c15-13(21-7-10-23(18,19)20)11-1-3-12(4-2-11)14-5-8-22(16,17)9-6-14/h1-4H,5-10H2,(H,18,19,20). The van der Waals surface area contributed by atoms with Crippen LogP contribution in [0.25, 0.3) is 0 Å². The zero-order valence-electron chi connectivity index (χ0n) is 12.2. The third-order valence-corrected chi connectivity index (χ3v) is 5.68. The van der Waals surface area contributed by atoms with Crippen LogP contribution in [0.3, 0.4) is 0 Å². The summed E-state index contributed by atoms with van der Waals surface area (Å²) >= 11 is 0. The van der Waals surface area contributed by atoms with E-state index in [1.165, 1.54) is 12.1 Å². The maximum absolute atomic E-state index is 11.7. The van der Waals surface area contributed by atoms with Crippen LogP contribution in [0.2, 0.25) is 0 Å². The fourth-order valence-electron chi connectivity index (χ4n) is 2.10. The topological polar surface area (TPSA) is 118 Å². The molecule has 23 heavy (non-hydrogen) atoms. The summed E-state index contributed by atoms with van der Waals surface area (Å²) < 4.78 is 57.1. The van der Waals surface area contributed by atoms with Crippen molar-refractivity contribution in [2.24, 2.45) is 0 Å². The number of hydrogen-bond donors (Lipinski definition) is 1. The molecule has 0 spiro atoms. The second-order valence-electron chi connectivity index (χ2n) is 5.11. The van der Waals surface area contributed by atoms with E-state index in [4.69, 9.17) is 9.29 Å². The normalized spacial score (nSPS) is 17.7. The lowest BCUT2D eigenvalue weighted by Crippen LogP contribution is -2.40. The van der Waals surface area contributed by atoms with Crippen molar-refractivity contribution >= 4 is 31.6 Å². The number of carbonyl (C=O) groups excluding carboxylic acids is 1. The van der Waals surface area contributed by atoms with Gasteiger partial charge in [0.1, 0.15) is 12.4 Å². The summed E-state index contributed by atoms with van der Waals surface area (Å²) in [6.45, 7) is 0.379. The molecule has 1 N–H and O–H groups in total. The van der Waals surface area contributed by atoms with E-state index in [1.807, 2.05) is 4.90 Å². The average molecular weight is 363 g/mol. The van der Waals surface area contributed by atoms with Crippen molar-refractivity contribution in [2.45, 2.75) is 0 Å². The van der Waals surface area contributed by atoms with Crippen LogP contribution in [0.1, 0.15) is 10.4 Å². The molecule has 128 valence electrons. The highest BCUT2D eigenvalue weighted by Crippen LogP contribution is 2.18. The van der Waals surface area contributed by atoms with Crippen LogP contribution < -0.4 is 4.90 Å².